The van der Waals surface area contributed by atoms with Crippen LogP contribution in [0.2, 0.25) is 0 Å². The van der Waals surface area contributed by atoms with Gasteiger partial charge >= 0.3 is 0 Å². The lowest BCUT2D eigenvalue weighted by Gasteiger charge is -2.14. The van der Waals surface area contributed by atoms with Gasteiger partial charge in [0.05, 0.1) is 6.61 Å². The first-order valence-electron chi connectivity index (χ1n) is 6.99. The maximum absolute atomic E-state index is 11.8. The Labute approximate surface area is 118 Å². The Morgan fingerprint density at radius 1 is 1.20 bits per heavy atom. The molecule has 0 radical (unpaired) electrons. The minimum atomic E-state index is -0.272. The molecule has 0 aromatic heterocycles. The van der Waals surface area contributed by atoms with Crippen LogP contribution in [-0.4, -0.2) is 36.4 Å². The lowest BCUT2D eigenvalue weighted by Crippen LogP contribution is -2.31. The zero-order chi connectivity index (χ0) is 14.4. The van der Waals surface area contributed by atoms with Crippen molar-refractivity contribution in [2.45, 2.75) is 26.2 Å². The van der Waals surface area contributed by atoms with E-state index in [2.05, 4.69) is 5.32 Å². The van der Waals surface area contributed by atoms with Crippen molar-refractivity contribution in [3.63, 3.8) is 0 Å². The highest BCUT2D eigenvalue weighted by atomic mass is 16.5. The molecule has 1 aliphatic heterocycles. The summed E-state index contributed by atoms with van der Waals surface area (Å²) in [7, 11) is 0. The van der Waals surface area contributed by atoms with Crippen molar-refractivity contribution in [3.8, 4) is 5.75 Å². The van der Waals surface area contributed by atoms with E-state index in [1.54, 1.807) is 29.2 Å². The number of hydrogen-bond acceptors (Lipinski definition) is 3. The minimum Gasteiger partial charge on any atom is -0.494 e. The fraction of sp³-hybridized carbons (Fsp3) is 0.467. The highest BCUT2D eigenvalue weighted by Gasteiger charge is 2.20. The first kappa shape index (κ1) is 14.4. The number of rotatable bonds is 5. The fourth-order valence-corrected chi connectivity index (χ4v) is 2.22. The summed E-state index contributed by atoms with van der Waals surface area (Å²) in [4.78, 5) is 25.4. The molecule has 5 nitrogen and oxygen atoms in total. The molecule has 1 aromatic rings. The molecule has 5 heteroatoms. The number of amides is 2. The summed E-state index contributed by atoms with van der Waals surface area (Å²) in [6.07, 6.45) is 1.98. The van der Waals surface area contributed by atoms with E-state index < -0.39 is 0 Å². The first-order chi connectivity index (χ1) is 9.69. The molecule has 0 saturated carbocycles. The van der Waals surface area contributed by atoms with E-state index in [1.807, 2.05) is 6.92 Å². The van der Waals surface area contributed by atoms with E-state index >= 15 is 0 Å². The molecule has 108 valence electrons. The lowest BCUT2D eigenvalue weighted by molar-refractivity contribution is -0.133. The van der Waals surface area contributed by atoms with Gasteiger partial charge in [-0.25, -0.2) is 0 Å². The van der Waals surface area contributed by atoms with Gasteiger partial charge in [-0.05, 0) is 44.0 Å². The lowest BCUT2D eigenvalue weighted by atomic mass is 10.3. The van der Waals surface area contributed by atoms with Gasteiger partial charge in [-0.2, -0.15) is 0 Å². The molecular formula is C15H20N2O3. The summed E-state index contributed by atoms with van der Waals surface area (Å²) in [6.45, 7) is 4.07. The Balaban J connectivity index is 1.82. The van der Waals surface area contributed by atoms with Crippen molar-refractivity contribution >= 4 is 17.5 Å². The number of hydrogen-bond donors (Lipinski definition) is 1. The molecule has 0 spiro atoms. The maximum atomic E-state index is 11.8. The fourth-order valence-electron chi connectivity index (χ4n) is 2.22. The van der Waals surface area contributed by atoms with Gasteiger partial charge < -0.3 is 15.0 Å². The van der Waals surface area contributed by atoms with Crippen molar-refractivity contribution in [1.82, 2.24) is 4.90 Å². The second-order valence-electron chi connectivity index (χ2n) is 4.77. The zero-order valence-corrected chi connectivity index (χ0v) is 11.7. The molecular weight excluding hydrogens is 256 g/mol. The van der Waals surface area contributed by atoms with Crippen LogP contribution in [0.4, 0.5) is 5.69 Å². The van der Waals surface area contributed by atoms with E-state index in [9.17, 15) is 9.59 Å². The molecule has 1 heterocycles. The molecule has 0 unspecified atom stereocenters. The van der Waals surface area contributed by atoms with E-state index in [4.69, 9.17) is 4.74 Å². The Bertz CT molecular complexity index is 465. The predicted octanol–water partition coefficient (Wildman–Crippen LogP) is 2.04. The molecule has 0 aliphatic carbocycles. The summed E-state index contributed by atoms with van der Waals surface area (Å²) in [5.41, 5.74) is 0.674. The number of likely N-dealkylation sites (tertiary alicyclic amines) is 1. The smallest absolute Gasteiger partial charge is 0.233 e. The largest absolute Gasteiger partial charge is 0.494 e. The minimum absolute atomic E-state index is 0.0901. The van der Waals surface area contributed by atoms with Crippen molar-refractivity contribution in [2.75, 3.05) is 25.0 Å². The van der Waals surface area contributed by atoms with Crippen LogP contribution in [-0.2, 0) is 9.59 Å². The normalized spacial score (nSPS) is 14.2. The van der Waals surface area contributed by atoms with Crippen molar-refractivity contribution < 1.29 is 14.3 Å². The Morgan fingerprint density at radius 3 is 2.45 bits per heavy atom. The molecule has 1 aromatic carbocycles. The summed E-state index contributed by atoms with van der Waals surface area (Å²) >= 11 is 0. The first-order valence-corrected chi connectivity index (χ1v) is 6.99. The summed E-state index contributed by atoms with van der Waals surface area (Å²) in [5, 5.41) is 2.72. The molecule has 1 fully saturated rings. The number of carbonyl (C=O) groups excluding carboxylic acids is 2. The van der Waals surface area contributed by atoms with Crippen LogP contribution >= 0.6 is 0 Å². The third-order valence-electron chi connectivity index (χ3n) is 3.22. The summed E-state index contributed by atoms with van der Waals surface area (Å²) < 4.78 is 5.32. The van der Waals surface area contributed by atoms with Gasteiger partial charge in [-0.15, -0.1) is 0 Å². The van der Waals surface area contributed by atoms with Crippen LogP contribution in [0.15, 0.2) is 24.3 Å². The van der Waals surface area contributed by atoms with Crippen LogP contribution in [0.1, 0.15) is 26.2 Å². The van der Waals surface area contributed by atoms with E-state index in [0.717, 1.165) is 31.7 Å². The van der Waals surface area contributed by atoms with Crippen LogP contribution in [0.5, 0.6) is 5.75 Å². The topological polar surface area (TPSA) is 58.6 Å². The van der Waals surface area contributed by atoms with Gasteiger partial charge in [-0.1, -0.05) is 0 Å². The highest BCUT2D eigenvalue weighted by Crippen LogP contribution is 2.16. The maximum Gasteiger partial charge on any atom is 0.233 e. The van der Waals surface area contributed by atoms with E-state index in [0.29, 0.717) is 12.3 Å². The van der Waals surface area contributed by atoms with Gasteiger partial charge in [0, 0.05) is 18.8 Å². The van der Waals surface area contributed by atoms with Crippen LogP contribution in [0, 0.1) is 0 Å². The van der Waals surface area contributed by atoms with E-state index in [-0.39, 0.29) is 18.2 Å². The quantitative estimate of drug-likeness (QED) is 0.837. The number of carbonyl (C=O) groups is 2. The number of anilines is 1. The zero-order valence-electron chi connectivity index (χ0n) is 11.7. The molecule has 0 bridgehead atoms. The highest BCUT2D eigenvalue weighted by molar-refractivity contribution is 6.03. The summed E-state index contributed by atoms with van der Waals surface area (Å²) in [5.74, 6) is 0.399. The Hall–Kier alpha value is -2.04. The van der Waals surface area contributed by atoms with Gasteiger partial charge in [0.1, 0.15) is 12.2 Å². The SMILES string of the molecule is CCOc1ccc(NC(=O)CC(=O)N2CCCC2)cc1. The molecule has 1 N–H and O–H groups in total. The predicted molar refractivity (Wildman–Crippen MR) is 76.7 cm³/mol. The second-order valence-corrected chi connectivity index (χ2v) is 4.77. The van der Waals surface area contributed by atoms with Gasteiger partial charge in [0.25, 0.3) is 0 Å². The Morgan fingerprint density at radius 2 is 1.85 bits per heavy atom. The van der Waals surface area contributed by atoms with Crippen LogP contribution in [0.3, 0.4) is 0 Å². The summed E-state index contributed by atoms with van der Waals surface area (Å²) in [6, 6.07) is 7.12. The Kier molecular flexibility index (Phi) is 4.98. The monoisotopic (exact) mass is 276 g/mol. The average Bonchev–Trinajstić information content (AvgIpc) is 2.95. The number of nitrogens with zero attached hydrogens (tertiary/aromatic N) is 1. The standard InChI is InChI=1S/C15H20N2O3/c1-2-20-13-7-5-12(6-8-13)16-14(18)11-15(19)17-9-3-4-10-17/h5-8H,2-4,9-11H2,1H3,(H,16,18). The molecule has 2 rings (SSSR count). The third kappa shape index (κ3) is 3.98. The van der Waals surface area contributed by atoms with Crippen molar-refractivity contribution in [3.05, 3.63) is 24.3 Å². The van der Waals surface area contributed by atoms with Gasteiger partial charge in [-0.3, -0.25) is 9.59 Å². The van der Waals surface area contributed by atoms with Gasteiger partial charge in [0.15, 0.2) is 0 Å². The number of ether oxygens (including phenoxy) is 1. The molecule has 1 aliphatic rings. The second kappa shape index (κ2) is 6.93. The number of nitrogens with one attached hydrogen (secondary N) is 1. The molecule has 2 amide bonds. The molecule has 1 saturated heterocycles. The van der Waals surface area contributed by atoms with Crippen molar-refractivity contribution in [1.29, 1.82) is 0 Å². The van der Waals surface area contributed by atoms with Crippen molar-refractivity contribution in [2.24, 2.45) is 0 Å². The van der Waals surface area contributed by atoms with Crippen LogP contribution in [0.25, 0.3) is 0 Å². The average molecular weight is 276 g/mol. The third-order valence-corrected chi connectivity index (χ3v) is 3.22. The van der Waals surface area contributed by atoms with E-state index in [1.165, 1.54) is 0 Å². The molecule has 20 heavy (non-hydrogen) atoms. The number of benzene rings is 1. The van der Waals surface area contributed by atoms with Crippen LogP contribution < -0.4 is 10.1 Å². The van der Waals surface area contributed by atoms with Gasteiger partial charge in [0.2, 0.25) is 11.8 Å². The molecule has 0 atom stereocenters.